The highest BCUT2D eigenvalue weighted by atomic mass is 28.3. The lowest BCUT2D eigenvalue weighted by molar-refractivity contribution is -0.659. The van der Waals surface area contributed by atoms with Gasteiger partial charge in [-0.2, -0.15) is 0 Å². The molecule has 4 aromatic rings. The van der Waals surface area contributed by atoms with E-state index in [1.54, 1.807) is 5.19 Å². The zero-order chi connectivity index (χ0) is 24.8. The molecule has 0 fully saturated rings. The summed E-state index contributed by atoms with van der Waals surface area (Å²) >= 11 is 0. The van der Waals surface area contributed by atoms with E-state index < -0.39 is 8.07 Å². The maximum atomic E-state index is 2.51. The zero-order valence-electron chi connectivity index (χ0n) is 22.5. The van der Waals surface area contributed by atoms with Crippen molar-refractivity contribution in [2.24, 2.45) is 12.5 Å². The van der Waals surface area contributed by atoms with Crippen LogP contribution in [-0.4, -0.2) is 8.07 Å². The minimum Gasteiger partial charge on any atom is -0.200 e. The second-order valence-electron chi connectivity index (χ2n) is 12.0. The van der Waals surface area contributed by atoms with Gasteiger partial charge in [-0.1, -0.05) is 81.5 Å². The number of benzene rings is 3. The summed E-state index contributed by atoms with van der Waals surface area (Å²) in [6, 6.07) is 24.3. The van der Waals surface area contributed by atoms with Gasteiger partial charge < -0.3 is 0 Å². The first-order valence-corrected chi connectivity index (χ1v) is 15.7. The summed E-state index contributed by atoms with van der Waals surface area (Å²) in [5, 5.41) is 4.23. The fourth-order valence-corrected chi connectivity index (χ4v) is 9.85. The Morgan fingerprint density at radius 1 is 0.794 bits per heavy atom. The topological polar surface area (TPSA) is 3.88 Å². The molecule has 34 heavy (non-hydrogen) atoms. The first kappa shape index (κ1) is 24.4. The molecule has 176 valence electrons. The number of fused-ring (bicyclic) bond motifs is 1. The predicted molar refractivity (Wildman–Crippen MR) is 152 cm³/mol. The van der Waals surface area contributed by atoms with Crippen molar-refractivity contribution < 1.29 is 4.57 Å². The van der Waals surface area contributed by atoms with Gasteiger partial charge in [-0.05, 0) is 77.6 Å². The van der Waals surface area contributed by atoms with Crippen molar-refractivity contribution in [3.05, 3.63) is 83.6 Å². The van der Waals surface area contributed by atoms with Crippen molar-refractivity contribution in [1.82, 2.24) is 0 Å². The largest absolute Gasteiger partial charge is 0.220 e. The van der Waals surface area contributed by atoms with Gasteiger partial charge >= 0.3 is 0 Å². The average molecular weight is 467 g/mol. The summed E-state index contributed by atoms with van der Waals surface area (Å²) in [7, 11) is 0.651. The summed E-state index contributed by atoms with van der Waals surface area (Å²) < 4.78 is 2.28. The monoisotopic (exact) mass is 466 g/mol. The second kappa shape index (κ2) is 8.81. The van der Waals surface area contributed by atoms with Crippen LogP contribution >= 0.6 is 0 Å². The molecule has 0 N–H and O–H groups in total. The van der Waals surface area contributed by atoms with Crippen LogP contribution in [0, 0.1) is 26.2 Å². The van der Waals surface area contributed by atoms with E-state index in [-0.39, 0.29) is 0 Å². The number of aromatic nitrogens is 1. The Morgan fingerprint density at radius 3 is 2.09 bits per heavy atom. The lowest BCUT2D eigenvalue weighted by atomic mass is 9.92. The average Bonchev–Trinajstić information content (AvgIpc) is 2.72. The molecule has 0 aliphatic rings. The highest BCUT2D eigenvalue weighted by Crippen LogP contribution is 2.34. The van der Waals surface area contributed by atoms with Crippen LogP contribution in [0.1, 0.15) is 37.5 Å². The number of pyridine rings is 1. The van der Waals surface area contributed by atoms with Crippen molar-refractivity contribution in [2.75, 3.05) is 0 Å². The summed E-state index contributed by atoms with van der Waals surface area (Å²) in [6.07, 6.45) is 2.22. The fourth-order valence-electron chi connectivity index (χ4n) is 5.91. The van der Waals surface area contributed by atoms with E-state index in [9.17, 15) is 0 Å². The van der Waals surface area contributed by atoms with Gasteiger partial charge in [0.15, 0.2) is 6.20 Å². The van der Waals surface area contributed by atoms with Gasteiger partial charge in [-0.15, -0.1) is 0 Å². The Balaban J connectivity index is 1.83. The van der Waals surface area contributed by atoms with Gasteiger partial charge in [0.1, 0.15) is 7.05 Å². The molecule has 0 atom stereocenters. The van der Waals surface area contributed by atoms with Gasteiger partial charge in [0.05, 0.1) is 13.5 Å². The molecule has 0 unspecified atom stereocenters. The van der Waals surface area contributed by atoms with Crippen molar-refractivity contribution in [3.8, 4) is 22.4 Å². The van der Waals surface area contributed by atoms with Crippen molar-refractivity contribution in [1.29, 1.82) is 0 Å². The van der Waals surface area contributed by atoms with Crippen LogP contribution in [0.4, 0.5) is 0 Å². The van der Waals surface area contributed by atoms with Crippen molar-refractivity contribution in [2.45, 2.75) is 60.7 Å². The first-order chi connectivity index (χ1) is 15.9. The Hall–Kier alpha value is -2.71. The summed E-state index contributed by atoms with van der Waals surface area (Å²) in [6.45, 7) is 18.8. The molecule has 1 aromatic heterocycles. The molecule has 0 spiro atoms. The van der Waals surface area contributed by atoms with Gasteiger partial charge in [0.2, 0.25) is 5.69 Å². The molecule has 3 aromatic carbocycles. The van der Waals surface area contributed by atoms with Gasteiger partial charge in [-0.3, -0.25) is 0 Å². The smallest absolute Gasteiger partial charge is 0.200 e. The minimum absolute atomic E-state index is 0.354. The lowest BCUT2D eigenvalue weighted by Gasteiger charge is -2.31. The third-order valence-electron chi connectivity index (χ3n) is 7.14. The Labute approximate surface area is 207 Å². The van der Waals surface area contributed by atoms with Crippen LogP contribution in [0.2, 0.25) is 19.1 Å². The molecular formula is C32H40NSi+. The van der Waals surface area contributed by atoms with E-state index in [1.807, 2.05) is 0 Å². The molecule has 0 bridgehead atoms. The molecule has 0 aliphatic carbocycles. The molecule has 2 heteroatoms. The number of aryl methyl sites for hydroxylation is 4. The highest BCUT2D eigenvalue weighted by Gasteiger charge is 2.30. The third-order valence-corrected chi connectivity index (χ3v) is 11.0. The Bertz CT molecular complexity index is 1350. The van der Waals surface area contributed by atoms with Crippen LogP contribution in [-0.2, 0) is 7.05 Å². The lowest BCUT2D eigenvalue weighted by Crippen LogP contribution is -2.44. The SMILES string of the molecule is Cc1cc(-c2c(C)cccc2C)ccc1-c1c2ccc([Si](C)(C)CC(C)(C)C)cc2cc[n+]1C. The van der Waals surface area contributed by atoms with Gasteiger partial charge in [0.25, 0.3) is 0 Å². The highest BCUT2D eigenvalue weighted by molar-refractivity contribution is 6.90. The molecule has 0 amide bonds. The third kappa shape index (κ3) is 4.74. The van der Waals surface area contributed by atoms with Crippen LogP contribution in [0.5, 0.6) is 0 Å². The van der Waals surface area contributed by atoms with Crippen molar-refractivity contribution >= 4 is 24.0 Å². The number of nitrogens with zero attached hydrogens (tertiary/aromatic N) is 1. The number of rotatable bonds is 4. The van der Waals surface area contributed by atoms with Crippen molar-refractivity contribution in [3.63, 3.8) is 0 Å². The Kier molecular flexibility index (Phi) is 6.33. The van der Waals surface area contributed by atoms with E-state index in [4.69, 9.17) is 0 Å². The predicted octanol–water partition coefficient (Wildman–Crippen LogP) is 7.89. The van der Waals surface area contributed by atoms with E-state index in [2.05, 4.69) is 133 Å². The van der Waals surface area contributed by atoms with E-state index in [0.29, 0.717) is 5.41 Å². The normalized spacial score (nSPS) is 12.4. The molecular weight excluding hydrogens is 426 g/mol. The summed E-state index contributed by atoms with van der Waals surface area (Å²) in [5.41, 5.74) is 9.59. The zero-order valence-corrected chi connectivity index (χ0v) is 23.5. The molecule has 4 rings (SSSR count). The molecule has 1 nitrogen and oxygen atoms in total. The maximum Gasteiger partial charge on any atom is 0.220 e. The van der Waals surface area contributed by atoms with Gasteiger partial charge in [-0.25, -0.2) is 4.57 Å². The molecule has 0 saturated carbocycles. The summed E-state index contributed by atoms with van der Waals surface area (Å²) in [5.74, 6) is 0. The van der Waals surface area contributed by atoms with Crippen LogP contribution in [0.25, 0.3) is 33.2 Å². The van der Waals surface area contributed by atoms with Gasteiger partial charge in [0, 0.05) is 11.6 Å². The minimum atomic E-state index is -1.52. The molecule has 0 radical (unpaired) electrons. The first-order valence-electron chi connectivity index (χ1n) is 12.5. The second-order valence-corrected chi connectivity index (χ2v) is 16.7. The summed E-state index contributed by atoms with van der Waals surface area (Å²) in [4.78, 5) is 0. The van der Waals surface area contributed by atoms with Crippen LogP contribution in [0.15, 0.2) is 66.9 Å². The van der Waals surface area contributed by atoms with E-state index in [0.717, 1.165) is 0 Å². The van der Waals surface area contributed by atoms with E-state index in [1.165, 1.54) is 55.9 Å². The maximum absolute atomic E-state index is 2.51. The quantitative estimate of drug-likeness (QED) is 0.213. The molecule has 1 heterocycles. The number of hydrogen-bond donors (Lipinski definition) is 0. The molecule has 0 aliphatic heterocycles. The van der Waals surface area contributed by atoms with Crippen LogP contribution in [0.3, 0.4) is 0 Å². The number of hydrogen-bond acceptors (Lipinski definition) is 0. The molecule has 0 saturated heterocycles. The Morgan fingerprint density at radius 2 is 1.47 bits per heavy atom. The van der Waals surface area contributed by atoms with E-state index >= 15 is 0 Å². The standard InChI is InChI=1S/C32H40NSi/c1-22-11-10-12-23(2)30(22)26-13-15-28(24(3)19-26)31-29-16-14-27(20-25(29)17-18-33(31)7)34(8,9)21-32(4,5)6/h10-20H,21H2,1-9H3/q+1. The van der Waals surface area contributed by atoms with Crippen LogP contribution < -0.4 is 9.75 Å². The fraction of sp³-hybridized carbons (Fsp3) is 0.344.